The Morgan fingerprint density at radius 1 is 1.12 bits per heavy atom. The van der Waals surface area contributed by atoms with Crippen molar-refractivity contribution in [2.75, 3.05) is 23.1 Å². The van der Waals surface area contributed by atoms with Gasteiger partial charge in [-0.3, -0.25) is 14.5 Å². The predicted molar refractivity (Wildman–Crippen MR) is 192 cm³/mol. The molecule has 1 amide bonds. The third-order valence-corrected chi connectivity index (χ3v) is 9.92. The molecule has 1 aromatic heterocycles. The highest BCUT2D eigenvalue weighted by molar-refractivity contribution is 7.80. The van der Waals surface area contributed by atoms with Crippen LogP contribution >= 0.6 is 12.2 Å². The van der Waals surface area contributed by atoms with Crippen molar-refractivity contribution in [2.45, 2.75) is 58.2 Å². The molecule has 0 aliphatic carbocycles. The number of nitrogens with one attached hydrogen (secondary N) is 2. The third-order valence-electron chi connectivity index (χ3n) is 9.63. The number of amides is 1. The largest absolute Gasteiger partial charge is 0.454 e. The average Bonchev–Trinajstić information content (AvgIpc) is 3.73. The summed E-state index contributed by atoms with van der Waals surface area (Å²) in [7, 11) is 0. The second-order valence-electron chi connectivity index (χ2n) is 13.5. The van der Waals surface area contributed by atoms with Crippen LogP contribution in [0.5, 0.6) is 11.5 Å². The molecule has 49 heavy (non-hydrogen) atoms. The van der Waals surface area contributed by atoms with Crippen molar-refractivity contribution in [2.24, 2.45) is 22.7 Å². The van der Waals surface area contributed by atoms with Crippen LogP contribution in [-0.2, 0) is 16.0 Å². The molecule has 0 saturated carbocycles. The molecule has 3 aliphatic heterocycles. The minimum Gasteiger partial charge on any atom is -0.454 e. The number of thiocarbonyl (C=S) groups is 1. The van der Waals surface area contributed by atoms with Gasteiger partial charge in [0.05, 0.1) is 23.0 Å². The minimum absolute atomic E-state index is 0.123. The molecule has 2 fully saturated rings. The van der Waals surface area contributed by atoms with Gasteiger partial charge in [0.1, 0.15) is 17.5 Å². The van der Waals surface area contributed by atoms with Gasteiger partial charge in [0.25, 0.3) is 5.91 Å². The first kappa shape index (κ1) is 32.9. The number of nitrogens with two attached hydrogens (primary N) is 1. The normalized spacial score (nSPS) is 20.8. The molecule has 0 spiro atoms. The number of anilines is 2. The summed E-state index contributed by atoms with van der Waals surface area (Å²) >= 11 is 5.63. The first-order valence-electron chi connectivity index (χ1n) is 16.6. The number of fused-ring (bicyclic) bond motifs is 1. The van der Waals surface area contributed by atoms with Crippen LogP contribution in [0.15, 0.2) is 65.8 Å². The van der Waals surface area contributed by atoms with Gasteiger partial charge in [0, 0.05) is 30.3 Å². The fourth-order valence-corrected chi connectivity index (χ4v) is 7.25. The number of para-hydroxylation sites is 1. The van der Waals surface area contributed by atoms with E-state index in [1.54, 1.807) is 52.5 Å². The highest BCUT2D eigenvalue weighted by atomic mass is 32.1. The molecule has 12 heteroatoms. The van der Waals surface area contributed by atoms with Crippen LogP contribution in [0.25, 0.3) is 10.9 Å². The Bertz CT molecular complexity index is 1990. The molecule has 0 bridgehead atoms. The first-order chi connectivity index (χ1) is 23.5. The van der Waals surface area contributed by atoms with Crippen molar-refractivity contribution in [3.63, 3.8) is 0 Å². The van der Waals surface area contributed by atoms with Gasteiger partial charge < -0.3 is 25.5 Å². The number of carbonyl (C=O) groups is 2. The summed E-state index contributed by atoms with van der Waals surface area (Å²) in [5, 5.41) is 10.5. The van der Waals surface area contributed by atoms with E-state index in [9.17, 15) is 14.0 Å². The van der Waals surface area contributed by atoms with Crippen molar-refractivity contribution >= 4 is 57.5 Å². The zero-order valence-corrected chi connectivity index (χ0v) is 28.5. The van der Waals surface area contributed by atoms with Gasteiger partial charge in [-0.1, -0.05) is 12.1 Å². The number of Topliss-reactive ketones (excluding diaryl/α,β-unsaturated/α-hetero) is 1. The number of aromatic nitrogens is 1. The highest BCUT2D eigenvalue weighted by Gasteiger charge is 2.43. The van der Waals surface area contributed by atoms with Gasteiger partial charge in [-0.2, -0.15) is 5.10 Å². The van der Waals surface area contributed by atoms with Crippen LogP contribution in [0.2, 0.25) is 0 Å². The van der Waals surface area contributed by atoms with Crippen LogP contribution in [0.3, 0.4) is 0 Å². The topological polar surface area (TPSA) is 125 Å². The van der Waals surface area contributed by atoms with Gasteiger partial charge in [-0.05, 0) is 124 Å². The number of carbonyl (C=O) groups excluding carboxylic acids is 2. The molecule has 4 aromatic rings. The summed E-state index contributed by atoms with van der Waals surface area (Å²) in [6.07, 6.45) is 4.57. The number of hydrogen-bond donors (Lipinski definition) is 3. The van der Waals surface area contributed by atoms with Crippen molar-refractivity contribution < 1.29 is 23.5 Å². The lowest BCUT2D eigenvalue weighted by Crippen LogP contribution is -2.43. The second-order valence-corrected chi connectivity index (χ2v) is 13.9. The molecule has 254 valence electrons. The van der Waals surface area contributed by atoms with Crippen LogP contribution in [0.1, 0.15) is 54.7 Å². The molecule has 7 rings (SSSR count). The van der Waals surface area contributed by atoms with E-state index in [0.29, 0.717) is 28.2 Å². The van der Waals surface area contributed by atoms with E-state index in [1.807, 2.05) is 32.9 Å². The summed E-state index contributed by atoms with van der Waals surface area (Å²) in [6, 6.07) is 17.3. The Kier molecular flexibility index (Phi) is 8.72. The van der Waals surface area contributed by atoms with Crippen LogP contribution in [0.4, 0.5) is 15.8 Å². The lowest BCUT2D eigenvalue weighted by molar-refractivity contribution is -0.121. The molecule has 2 atom stereocenters. The zero-order chi connectivity index (χ0) is 34.4. The maximum atomic E-state index is 14.1. The quantitative estimate of drug-likeness (QED) is 0.138. The molecule has 4 heterocycles. The van der Waals surface area contributed by atoms with E-state index in [2.05, 4.69) is 21.5 Å². The maximum Gasteiger partial charge on any atom is 0.258 e. The summed E-state index contributed by atoms with van der Waals surface area (Å²) in [5.74, 6) is -0.353. The standard InChI is InChI=1S/C37H39FN6O4S/c1-21-16-25(48-32-7-5-4-6-27(32)38)10-11-30(21)44-34(39)26(20-40-44)33(45)29-18-24-17-23(9-8-22-12-14-47-15-13-22)31(19-28(24)41-29)43-35(46)37(2,3)42-36(43)49/h4-7,10-11,16-20,22,26,34,41H,8-9,12-15,39H2,1-3H3,(H,42,49). The Morgan fingerprint density at radius 2 is 1.90 bits per heavy atom. The van der Waals surface area contributed by atoms with Gasteiger partial charge in [0.15, 0.2) is 22.5 Å². The summed E-state index contributed by atoms with van der Waals surface area (Å²) in [4.78, 5) is 32.3. The number of rotatable bonds is 9. The van der Waals surface area contributed by atoms with Crippen LogP contribution in [-0.4, -0.2) is 52.9 Å². The fourth-order valence-electron chi connectivity index (χ4n) is 6.81. The van der Waals surface area contributed by atoms with E-state index in [4.69, 9.17) is 27.4 Å². The Morgan fingerprint density at radius 3 is 2.61 bits per heavy atom. The SMILES string of the molecule is Cc1cc(Oc2ccccc2F)ccc1N1N=CC(C(=O)c2cc3cc(CCC4CCOCC4)c(N4C(=O)C(C)(C)NC4=S)cc3[nH]2)C1N. The molecule has 4 N–H and O–H groups in total. The second kappa shape index (κ2) is 13.0. The number of aromatic amines is 1. The number of hydrazone groups is 1. The fraction of sp³-hybridized carbons (Fsp3) is 0.351. The van der Waals surface area contributed by atoms with Crippen molar-refractivity contribution in [3.05, 3.63) is 83.3 Å². The van der Waals surface area contributed by atoms with Gasteiger partial charge >= 0.3 is 0 Å². The molecule has 10 nitrogen and oxygen atoms in total. The molecule has 2 unspecified atom stereocenters. The lowest BCUT2D eigenvalue weighted by atomic mass is 9.91. The highest BCUT2D eigenvalue weighted by Crippen LogP contribution is 2.36. The van der Waals surface area contributed by atoms with Crippen LogP contribution < -0.4 is 25.7 Å². The van der Waals surface area contributed by atoms with Crippen molar-refractivity contribution in [1.82, 2.24) is 10.3 Å². The van der Waals surface area contributed by atoms with Crippen LogP contribution in [0, 0.1) is 24.6 Å². The number of benzene rings is 3. The molecule has 2 saturated heterocycles. The van der Waals surface area contributed by atoms with Crippen molar-refractivity contribution in [1.29, 1.82) is 0 Å². The van der Waals surface area contributed by atoms with E-state index < -0.39 is 23.4 Å². The molecule has 0 radical (unpaired) electrons. The zero-order valence-electron chi connectivity index (χ0n) is 27.7. The number of halogens is 1. The maximum absolute atomic E-state index is 14.1. The van der Waals surface area contributed by atoms with E-state index >= 15 is 0 Å². The first-order valence-corrected chi connectivity index (χ1v) is 17.0. The van der Waals surface area contributed by atoms with Gasteiger partial charge in [-0.15, -0.1) is 0 Å². The molecular weight excluding hydrogens is 644 g/mol. The number of ether oxygens (including phenoxy) is 2. The summed E-state index contributed by atoms with van der Waals surface area (Å²) in [5.41, 5.74) is 10.2. The molecule has 3 aliphatic rings. The van der Waals surface area contributed by atoms with Crippen molar-refractivity contribution in [3.8, 4) is 11.5 Å². The number of ketones is 1. The van der Waals surface area contributed by atoms with E-state index in [1.165, 1.54) is 6.07 Å². The number of hydrogen-bond acceptors (Lipinski definition) is 8. The van der Waals surface area contributed by atoms with E-state index in [0.717, 1.165) is 66.6 Å². The number of nitrogens with zero attached hydrogens (tertiary/aromatic N) is 3. The summed E-state index contributed by atoms with van der Waals surface area (Å²) in [6.45, 7) is 7.05. The minimum atomic E-state index is -0.823. The van der Waals surface area contributed by atoms with Gasteiger partial charge in [0.2, 0.25) is 0 Å². The third kappa shape index (κ3) is 6.31. The Balaban J connectivity index is 1.13. The lowest BCUT2D eigenvalue weighted by Gasteiger charge is -2.25. The Labute approximate surface area is 289 Å². The van der Waals surface area contributed by atoms with E-state index in [-0.39, 0.29) is 17.4 Å². The molecular formula is C37H39FN6O4S. The number of H-pyrrole nitrogens is 1. The van der Waals surface area contributed by atoms with Gasteiger partial charge in [-0.25, -0.2) is 9.40 Å². The Hall–Kier alpha value is -4.65. The molecule has 3 aromatic carbocycles. The monoisotopic (exact) mass is 682 g/mol. The predicted octanol–water partition coefficient (Wildman–Crippen LogP) is 6.36. The number of aryl methyl sites for hydroxylation is 2. The average molecular weight is 683 g/mol. The smallest absolute Gasteiger partial charge is 0.258 e. The summed E-state index contributed by atoms with van der Waals surface area (Å²) < 4.78 is 25.4.